The first-order chi connectivity index (χ1) is 9.63. The molecule has 2 rings (SSSR count). The van der Waals surface area contributed by atoms with Crippen LogP contribution in [-0.2, 0) is 0 Å². The fraction of sp³-hybridized carbons (Fsp3) is 0.462. The van der Waals surface area contributed by atoms with Gasteiger partial charge in [-0.1, -0.05) is 31.4 Å². The summed E-state index contributed by atoms with van der Waals surface area (Å²) in [5.41, 5.74) is 6.32. The number of rotatable bonds is 6. The quantitative estimate of drug-likeness (QED) is 0.707. The highest BCUT2D eigenvalue weighted by molar-refractivity contribution is 6.30. The molecule has 2 aromatic heterocycles. The summed E-state index contributed by atoms with van der Waals surface area (Å²) in [6.07, 6.45) is 4.51. The molecule has 0 aliphatic carbocycles. The molecule has 0 saturated carbocycles. The smallest absolute Gasteiger partial charge is 0.222 e. The van der Waals surface area contributed by atoms with Gasteiger partial charge >= 0.3 is 0 Å². The van der Waals surface area contributed by atoms with E-state index in [-0.39, 0.29) is 18.6 Å². The van der Waals surface area contributed by atoms with Crippen LogP contribution < -0.4 is 11.1 Å². The molecule has 0 saturated heterocycles. The molecule has 4 N–H and O–H groups in total. The standard InChI is InChI=1S/C13H18ClN5O/c1-2-3-4-8(7-20)17-12-9-5-11(14)16-6-10(9)18-13(15)19-12/h5-6,8,20H,2-4,7H2,1H3,(H3,15,17,18,19). The molecule has 6 nitrogen and oxygen atoms in total. The highest BCUT2D eigenvalue weighted by Crippen LogP contribution is 2.24. The fourth-order valence-electron chi connectivity index (χ4n) is 1.99. The molecule has 0 aliphatic heterocycles. The lowest BCUT2D eigenvalue weighted by atomic mass is 10.1. The SMILES string of the molecule is CCCCC(CO)Nc1nc(N)nc2cnc(Cl)cc12. The van der Waals surface area contributed by atoms with Crippen molar-refractivity contribution >= 4 is 34.3 Å². The number of nitrogen functional groups attached to an aromatic ring is 1. The number of halogens is 1. The first-order valence-corrected chi connectivity index (χ1v) is 6.98. The first-order valence-electron chi connectivity index (χ1n) is 6.60. The molecule has 0 aromatic carbocycles. The second-order valence-corrected chi connectivity index (χ2v) is 5.01. The highest BCUT2D eigenvalue weighted by atomic mass is 35.5. The number of aliphatic hydroxyl groups is 1. The summed E-state index contributed by atoms with van der Waals surface area (Å²) in [5.74, 6) is 0.739. The van der Waals surface area contributed by atoms with E-state index in [9.17, 15) is 5.11 Å². The van der Waals surface area contributed by atoms with E-state index in [0.717, 1.165) is 24.6 Å². The van der Waals surface area contributed by atoms with Crippen LogP contribution in [-0.4, -0.2) is 32.7 Å². The molecule has 1 atom stereocenters. The minimum Gasteiger partial charge on any atom is -0.394 e. The van der Waals surface area contributed by atoms with E-state index in [2.05, 4.69) is 27.2 Å². The summed E-state index contributed by atoms with van der Waals surface area (Å²) in [7, 11) is 0. The second-order valence-electron chi connectivity index (χ2n) is 4.62. The molecule has 108 valence electrons. The molecule has 0 amide bonds. The average molecular weight is 296 g/mol. The normalized spacial score (nSPS) is 12.6. The van der Waals surface area contributed by atoms with E-state index in [1.165, 1.54) is 0 Å². The summed E-state index contributed by atoms with van der Waals surface area (Å²) in [6.45, 7) is 2.14. The van der Waals surface area contributed by atoms with Gasteiger partial charge in [-0.05, 0) is 12.5 Å². The Balaban J connectivity index is 2.34. The van der Waals surface area contributed by atoms with E-state index in [1.807, 2.05) is 0 Å². The van der Waals surface area contributed by atoms with Crippen LogP contribution in [0.1, 0.15) is 26.2 Å². The maximum absolute atomic E-state index is 9.43. The Kier molecular flexibility index (Phi) is 4.92. The number of nitrogens with two attached hydrogens (primary N) is 1. The van der Waals surface area contributed by atoms with Crippen molar-refractivity contribution in [2.24, 2.45) is 0 Å². The number of pyridine rings is 1. The predicted octanol–water partition coefficient (Wildman–Crippen LogP) is 2.22. The first kappa shape index (κ1) is 14.7. The molecular formula is C13H18ClN5O. The zero-order valence-corrected chi connectivity index (χ0v) is 12.1. The van der Waals surface area contributed by atoms with Crippen molar-refractivity contribution in [2.45, 2.75) is 32.2 Å². The Hall–Kier alpha value is -1.66. The number of nitrogens with zero attached hydrogens (tertiary/aromatic N) is 3. The number of fused-ring (bicyclic) bond motifs is 1. The maximum atomic E-state index is 9.43. The molecule has 1 unspecified atom stereocenters. The summed E-state index contributed by atoms with van der Waals surface area (Å²) in [4.78, 5) is 12.3. The largest absolute Gasteiger partial charge is 0.394 e. The number of aliphatic hydroxyl groups excluding tert-OH is 1. The zero-order valence-electron chi connectivity index (χ0n) is 11.3. The lowest BCUT2D eigenvalue weighted by molar-refractivity contribution is 0.267. The van der Waals surface area contributed by atoms with Crippen LogP contribution >= 0.6 is 11.6 Å². The van der Waals surface area contributed by atoms with Crippen molar-refractivity contribution in [2.75, 3.05) is 17.7 Å². The van der Waals surface area contributed by atoms with Crippen LogP contribution in [0.2, 0.25) is 5.15 Å². The van der Waals surface area contributed by atoms with Gasteiger partial charge in [0.25, 0.3) is 0 Å². The third-order valence-corrected chi connectivity index (χ3v) is 3.24. The topological polar surface area (TPSA) is 97.0 Å². The van der Waals surface area contributed by atoms with Crippen molar-refractivity contribution in [1.29, 1.82) is 0 Å². The Labute approximate surface area is 122 Å². The van der Waals surface area contributed by atoms with Gasteiger partial charge < -0.3 is 16.2 Å². The van der Waals surface area contributed by atoms with Gasteiger partial charge in [0.1, 0.15) is 11.0 Å². The molecule has 0 aliphatic rings. The van der Waals surface area contributed by atoms with Gasteiger partial charge in [-0.25, -0.2) is 9.97 Å². The van der Waals surface area contributed by atoms with Crippen LogP contribution in [0.25, 0.3) is 10.9 Å². The number of nitrogens with one attached hydrogen (secondary N) is 1. The minimum absolute atomic E-state index is 0.0320. The van der Waals surface area contributed by atoms with E-state index in [1.54, 1.807) is 12.3 Å². The van der Waals surface area contributed by atoms with Crippen LogP contribution in [0.3, 0.4) is 0 Å². The number of hydrogen-bond acceptors (Lipinski definition) is 6. The van der Waals surface area contributed by atoms with Crippen LogP contribution in [0.15, 0.2) is 12.3 Å². The minimum atomic E-state index is -0.0700. The van der Waals surface area contributed by atoms with E-state index < -0.39 is 0 Å². The van der Waals surface area contributed by atoms with Gasteiger partial charge in [0.15, 0.2) is 0 Å². The third-order valence-electron chi connectivity index (χ3n) is 3.03. The molecule has 2 heterocycles. The molecule has 20 heavy (non-hydrogen) atoms. The highest BCUT2D eigenvalue weighted by Gasteiger charge is 2.12. The molecular weight excluding hydrogens is 278 g/mol. The average Bonchev–Trinajstić information content (AvgIpc) is 2.43. The van der Waals surface area contributed by atoms with Gasteiger partial charge in [0, 0.05) is 5.39 Å². The van der Waals surface area contributed by atoms with Gasteiger partial charge in [-0.3, -0.25) is 0 Å². The van der Waals surface area contributed by atoms with E-state index in [4.69, 9.17) is 17.3 Å². The number of unbranched alkanes of at least 4 members (excludes halogenated alkanes) is 1. The van der Waals surface area contributed by atoms with E-state index in [0.29, 0.717) is 16.5 Å². The Morgan fingerprint density at radius 3 is 2.95 bits per heavy atom. The summed E-state index contributed by atoms with van der Waals surface area (Å²) >= 11 is 5.91. The number of hydrogen-bond donors (Lipinski definition) is 3. The van der Waals surface area contributed by atoms with Gasteiger partial charge in [0.05, 0.1) is 24.4 Å². The second kappa shape index (κ2) is 6.67. The molecule has 0 spiro atoms. The van der Waals surface area contributed by atoms with Crippen LogP contribution in [0, 0.1) is 0 Å². The monoisotopic (exact) mass is 295 g/mol. The van der Waals surface area contributed by atoms with Crippen LogP contribution in [0.5, 0.6) is 0 Å². The third kappa shape index (κ3) is 3.46. The Morgan fingerprint density at radius 2 is 2.25 bits per heavy atom. The number of anilines is 2. The maximum Gasteiger partial charge on any atom is 0.222 e. The fourth-order valence-corrected chi connectivity index (χ4v) is 2.15. The Bertz CT molecular complexity index is 592. The molecule has 0 fully saturated rings. The van der Waals surface area contributed by atoms with Crippen molar-refractivity contribution < 1.29 is 5.11 Å². The van der Waals surface area contributed by atoms with Crippen LogP contribution in [0.4, 0.5) is 11.8 Å². The lowest BCUT2D eigenvalue weighted by Crippen LogP contribution is -2.24. The van der Waals surface area contributed by atoms with Gasteiger partial charge in [-0.2, -0.15) is 4.98 Å². The molecule has 7 heteroatoms. The Morgan fingerprint density at radius 1 is 1.45 bits per heavy atom. The van der Waals surface area contributed by atoms with Gasteiger partial charge in [-0.15, -0.1) is 0 Å². The summed E-state index contributed by atoms with van der Waals surface area (Å²) < 4.78 is 0. The van der Waals surface area contributed by atoms with Crippen molar-refractivity contribution in [3.05, 3.63) is 17.4 Å². The summed E-state index contributed by atoms with van der Waals surface area (Å²) in [6, 6.07) is 1.62. The number of aromatic nitrogens is 3. The van der Waals surface area contributed by atoms with Gasteiger partial charge in [0.2, 0.25) is 5.95 Å². The molecule has 2 aromatic rings. The van der Waals surface area contributed by atoms with Crippen molar-refractivity contribution in [1.82, 2.24) is 15.0 Å². The van der Waals surface area contributed by atoms with Crippen molar-refractivity contribution in [3.63, 3.8) is 0 Å². The molecule has 0 bridgehead atoms. The van der Waals surface area contributed by atoms with E-state index >= 15 is 0 Å². The lowest BCUT2D eigenvalue weighted by Gasteiger charge is -2.18. The summed E-state index contributed by atoms with van der Waals surface area (Å²) in [5, 5.41) is 13.7. The zero-order chi connectivity index (χ0) is 14.5. The predicted molar refractivity (Wildman–Crippen MR) is 80.8 cm³/mol. The molecule has 0 radical (unpaired) electrons. The van der Waals surface area contributed by atoms with Crippen molar-refractivity contribution in [3.8, 4) is 0 Å².